The maximum atomic E-state index is 6.70. The van der Waals surface area contributed by atoms with Gasteiger partial charge in [0.05, 0.1) is 0 Å². The first kappa shape index (κ1) is 23.7. The molecule has 0 heterocycles. The van der Waals surface area contributed by atoms with Gasteiger partial charge < -0.3 is 9.47 Å². The van der Waals surface area contributed by atoms with Gasteiger partial charge in [0, 0.05) is 5.56 Å². The first-order valence-corrected chi connectivity index (χ1v) is 13.3. The molecular formula is C35H35O2-. The predicted octanol–water partition coefficient (Wildman–Crippen LogP) is 9.23. The van der Waals surface area contributed by atoms with Gasteiger partial charge in [0.1, 0.15) is 22.7 Å². The van der Waals surface area contributed by atoms with Gasteiger partial charge >= 0.3 is 0 Å². The maximum absolute atomic E-state index is 6.70. The van der Waals surface area contributed by atoms with E-state index in [1.54, 1.807) is 0 Å². The van der Waals surface area contributed by atoms with Crippen LogP contribution in [0.15, 0.2) is 78.9 Å². The Balaban J connectivity index is 1.82. The van der Waals surface area contributed by atoms with Crippen LogP contribution in [0.25, 0.3) is 32.7 Å². The molecule has 2 heteroatoms. The molecule has 6 rings (SSSR count). The molecule has 0 aliphatic heterocycles. The van der Waals surface area contributed by atoms with Crippen molar-refractivity contribution in [3.05, 3.63) is 101 Å². The molecule has 0 spiro atoms. The molecule has 0 unspecified atom stereocenters. The number of hydrogen-bond acceptors (Lipinski definition) is 2. The lowest BCUT2D eigenvalue weighted by Gasteiger charge is -2.32. The van der Waals surface area contributed by atoms with Crippen molar-refractivity contribution < 1.29 is 9.47 Å². The molecule has 0 saturated carbocycles. The summed E-state index contributed by atoms with van der Waals surface area (Å²) in [5, 5.41) is 4.91. The second kappa shape index (κ2) is 8.45. The summed E-state index contributed by atoms with van der Waals surface area (Å²) in [6.07, 6.45) is 1.68. The van der Waals surface area contributed by atoms with Gasteiger partial charge in [-0.3, -0.25) is 0 Å². The SMILES string of the molecule is CC(C)(C)Oc1cc2ccccc2c2c1Cc1cc[cH-]c1Cc1c(OC(C)(C)C)cc3ccccc3c1-2. The highest BCUT2D eigenvalue weighted by Crippen LogP contribution is 2.49. The zero-order valence-electron chi connectivity index (χ0n) is 22.7. The van der Waals surface area contributed by atoms with Gasteiger partial charge in [0.2, 0.25) is 0 Å². The molecule has 1 aliphatic rings. The van der Waals surface area contributed by atoms with Crippen LogP contribution in [-0.2, 0) is 12.8 Å². The Morgan fingerprint density at radius 2 is 1.11 bits per heavy atom. The van der Waals surface area contributed by atoms with Crippen LogP contribution in [0.2, 0.25) is 0 Å². The van der Waals surface area contributed by atoms with Crippen LogP contribution >= 0.6 is 0 Å². The van der Waals surface area contributed by atoms with Crippen LogP contribution in [0.4, 0.5) is 0 Å². The Morgan fingerprint density at radius 1 is 0.622 bits per heavy atom. The van der Waals surface area contributed by atoms with Crippen molar-refractivity contribution >= 4 is 21.5 Å². The molecule has 1 aliphatic carbocycles. The van der Waals surface area contributed by atoms with Crippen LogP contribution in [0, 0.1) is 0 Å². The Morgan fingerprint density at radius 3 is 1.62 bits per heavy atom. The highest BCUT2D eigenvalue weighted by Gasteiger charge is 2.27. The van der Waals surface area contributed by atoms with E-state index < -0.39 is 0 Å². The van der Waals surface area contributed by atoms with Gasteiger partial charge in [0.15, 0.2) is 0 Å². The second-order valence-corrected chi connectivity index (χ2v) is 12.3. The molecule has 0 N–H and O–H groups in total. The van der Waals surface area contributed by atoms with E-state index in [4.69, 9.17) is 9.47 Å². The molecule has 0 fully saturated rings. The Labute approximate surface area is 220 Å². The summed E-state index contributed by atoms with van der Waals surface area (Å²) in [6, 6.07) is 28.7. The smallest absolute Gasteiger partial charge is 0.124 e. The molecule has 0 atom stereocenters. The minimum absolute atomic E-state index is 0.310. The molecule has 0 saturated heterocycles. The van der Waals surface area contributed by atoms with Crippen molar-refractivity contribution in [3.8, 4) is 22.6 Å². The van der Waals surface area contributed by atoms with Crippen LogP contribution in [0.3, 0.4) is 0 Å². The summed E-state index contributed by atoms with van der Waals surface area (Å²) in [6.45, 7) is 12.8. The number of fused-ring (bicyclic) bond motifs is 8. The molecule has 0 aromatic heterocycles. The van der Waals surface area contributed by atoms with Crippen LogP contribution in [-0.4, -0.2) is 11.2 Å². The van der Waals surface area contributed by atoms with Crippen LogP contribution in [0.5, 0.6) is 11.5 Å². The molecule has 5 aromatic carbocycles. The third-order valence-electron chi connectivity index (χ3n) is 7.06. The van der Waals surface area contributed by atoms with Crippen LogP contribution < -0.4 is 9.47 Å². The third-order valence-corrected chi connectivity index (χ3v) is 7.06. The summed E-state index contributed by atoms with van der Waals surface area (Å²) in [5.74, 6) is 1.93. The summed E-state index contributed by atoms with van der Waals surface area (Å²) < 4.78 is 13.4. The lowest BCUT2D eigenvalue weighted by atomic mass is 9.80. The molecule has 37 heavy (non-hydrogen) atoms. The van der Waals surface area contributed by atoms with Crippen LogP contribution in [0.1, 0.15) is 63.8 Å². The fourth-order valence-corrected chi connectivity index (χ4v) is 5.71. The molecule has 0 amide bonds. The number of hydrogen-bond donors (Lipinski definition) is 0. The van der Waals surface area contributed by atoms with Crippen molar-refractivity contribution in [3.63, 3.8) is 0 Å². The van der Waals surface area contributed by atoms with Gasteiger partial charge in [-0.1, -0.05) is 55.0 Å². The number of rotatable bonds is 2. The summed E-state index contributed by atoms with van der Waals surface area (Å²) in [7, 11) is 0. The number of ether oxygens (including phenoxy) is 2. The fraction of sp³-hybridized carbons (Fsp3) is 0.286. The van der Waals surface area contributed by atoms with Gasteiger partial charge in [0.25, 0.3) is 0 Å². The average Bonchev–Trinajstić information content (AvgIpc) is 3.23. The monoisotopic (exact) mass is 487 g/mol. The minimum Gasteiger partial charge on any atom is -0.488 e. The Kier molecular flexibility index (Phi) is 5.42. The fourth-order valence-electron chi connectivity index (χ4n) is 5.71. The maximum Gasteiger partial charge on any atom is 0.124 e. The lowest BCUT2D eigenvalue weighted by Crippen LogP contribution is -2.25. The van der Waals surface area contributed by atoms with Gasteiger partial charge in [-0.25, -0.2) is 6.07 Å². The molecule has 0 bridgehead atoms. The highest BCUT2D eigenvalue weighted by atomic mass is 16.5. The van der Waals surface area contributed by atoms with Crippen molar-refractivity contribution in [2.75, 3.05) is 0 Å². The van der Waals surface area contributed by atoms with Crippen molar-refractivity contribution in [1.29, 1.82) is 0 Å². The zero-order chi connectivity index (χ0) is 25.9. The zero-order valence-corrected chi connectivity index (χ0v) is 22.7. The minimum atomic E-state index is -0.310. The predicted molar refractivity (Wildman–Crippen MR) is 155 cm³/mol. The largest absolute Gasteiger partial charge is 0.488 e. The van der Waals surface area contributed by atoms with E-state index in [2.05, 4.69) is 120 Å². The number of benzene rings is 4. The van der Waals surface area contributed by atoms with Gasteiger partial charge in [-0.2, -0.15) is 23.3 Å². The highest BCUT2D eigenvalue weighted by molar-refractivity contribution is 6.10. The van der Waals surface area contributed by atoms with Gasteiger partial charge in [-0.05, 0) is 98.3 Å². The van der Waals surface area contributed by atoms with E-state index in [9.17, 15) is 0 Å². The van der Waals surface area contributed by atoms with E-state index in [0.29, 0.717) is 0 Å². The Hall–Kier alpha value is -3.65. The molecule has 188 valence electrons. The standard InChI is InChI=1S/C35H35O2/c1-34(2,3)36-30-20-24-12-7-9-16-26(24)32-28(30)18-22-14-11-15-23(22)19-29-31(37-35(4,5)6)21-25-13-8-10-17-27(25)33(29)32/h7-17,20-21H,18-19H2,1-6H3/q-1. The van der Waals surface area contributed by atoms with E-state index >= 15 is 0 Å². The second-order valence-electron chi connectivity index (χ2n) is 12.3. The van der Waals surface area contributed by atoms with E-state index in [1.807, 2.05) is 0 Å². The molecule has 5 aromatic rings. The van der Waals surface area contributed by atoms with Gasteiger partial charge in [-0.15, -0.1) is 0 Å². The third kappa shape index (κ3) is 4.39. The lowest BCUT2D eigenvalue weighted by molar-refractivity contribution is 0.129. The van der Waals surface area contributed by atoms with Crippen molar-refractivity contribution in [1.82, 2.24) is 0 Å². The van der Waals surface area contributed by atoms with Crippen molar-refractivity contribution in [2.24, 2.45) is 0 Å². The van der Waals surface area contributed by atoms with E-state index in [-0.39, 0.29) is 11.2 Å². The first-order chi connectivity index (χ1) is 17.6. The molecule has 0 radical (unpaired) electrons. The quantitative estimate of drug-likeness (QED) is 0.227. The average molecular weight is 488 g/mol. The summed E-state index contributed by atoms with van der Waals surface area (Å²) >= 11 is 0. The van der Waals surface area contributed by atoms with E-state index in [0.717, 1.165) is 24.3 Å². The van der Waals surface area contributed by atoms with E-state index in [1.165, 1.54) is 54.9 Å². The molecular weight excluding hydrogens is 452 g/mol. The Bertz CT molecular complexity index is 1510. The first-order valence-electron chi connectivity index (χ1n) is 13.3. The molecule has 2 nitrogen and oxygen atoms in total. The summed E-state index contributed by atoms with van der Waals surface area (Å²) in [4.78, 5) is 0. The van der Waals surface area contributed by atoms with Crippen molar-refractivity contribution in [2.45, 2.75) is 65.6 Å². The normalized spacial score (nSPS) is 13.5. The topological polar surface area (TPSA) is 18.5 Å². The summed E-state index contributed by atoms with van der Waals surface area (Å²) in [5.41, 5.74) is 7.14.